The number of Topliss-reactive ketones (excluding diaryl/α,β-unsaturated/α-hetero) is 1. The molecule has 0 saturated carbocycles. The van der Waals surface area contributed by atoms with Gasteiger partial charge in [0.25, 0.3) is 0 Å². The average molecular weight is 234 g/mol. The Balaban J connectivity index is 2.01. The maximum atomic E-state index is 11.9. The van der Waals surface area contributed by atoms with Gasteiger partial charge in [0, 0.05) is 24.0 Å². The molecule has 0 spiro atoms. The SMILES string of the molecule is Cc1c(C(=O)CCc2cccs2)cnn1C. The maximum absolute atomic E-state index is 11.9. The number of rotatable bonds is 4. The highest BCUT2D eigenvalue weighted by molar-refractivity contribution is 7.09. The normalized spacial score (nSPS) is 10.6. The molecule has 0 atom stereocenters. The van der Waals surface area contributed by atoms with Crippen LogP contribution in [0.2, 0.25) is 0 Å². The van der Waals surface area contributed by atoms with Gasteiger partial charge in [0.05, 0.1) is 11.8 Å². The molecule has 0 aliphatic carbocycles. The molecule has 2 aromatic rings. The van der Waals surface area contributed by atoms with E-state index in [0.29, 0.717) is 6.42 Å². The van der Waals surface area contributed by atoms with Crippen molar-refractivity contribution in [2.75, 3.05) is 0 Å². The van der Waals surface area contributed by atoms with E-state index in [1.807, 2.05) is 25.4 Å². The number of hydrogen-bond acceptors (Lipinski definition) is 3. The number of hydrogen-bond donors (Lipinski definition) is 0. The Kier molecular flexibility index (Phi) is 3.19. The first-order valence-electron chi connectivity index (χ1n) is 5.22. The lowest BCUT2D eigenvalue weighted by Gasteiger charge is -1.99. The van der Waals surface area contributed by atoms with Gasteiger partial charge < -0.3 is 0 Å². The van der Waals surface area contributed by atoms with E-state index in [9.17, 15) is 4.79 Å². The van der Waals surface area contributed by atoms with Crippen LogP contribution in [0.1, 0.15) is 27.3 Å². The summed E-state index contributed by atoms with van der Waals surface area (Å²) < 4.78 is 1.73. The Hall–Kier alpha value is -1.42. The Morgan fingerprint density at radius 1 is 1.56 bits per heavy atom. The van der Waals surface area contributed by atoms with Crippen LogP contribution in [-0.4, -0.2) is 15.6 Å². The van der Waals surface area contributed by atoms with Crippen molar-refractivity contribution < 1.29 is 4.79 Å². The maximum Gasteiger partial charge on any atom is 0.166 e. The predicted octanol–water partition coefficient (Wildman–Crippen LogP) is 2.61. The highest BCUT2D eigenvalue weighted by atomic mass is 32.1. The van der Waals surface area contributed by atoms with E-state index in [-0.39, 0.29) is 5.78 Å². The summed E-state index contributed by atoms with van der Waals surface area (Å²) in [7, 11) is 1.85. The molecule has 0 aliphatic rings. The second-order valence-corrected chi connectivity index (χ2v) is 4.80. The lowest BCUT2D eigenvalue weighted by molar-refractivity contribution is 0.0982. The number of nitrogens with zero attached hydrogens (tertiary/aromatic N) is 2. The van der Waals surface area contributed by atoms with E-state index in [1.54, 1.807) is 22.2 Å². The van der Waals surface area contributed by atoms with Gasteiger partial charge in [0.15, 0.2) is 5.78 Å². The fourth-order valence-corrected chi connectivity index (χ4v) is 2.31. The standard InChI is InChI=1S/C12H14N2OS/c1-9-11(8-13-14(9)2)12(15)6-5-10-4-3-7-16-10/h3-4,7-8H,5-6H2,1-2H3. The van der Waals surface area contributed by atoms with Crippen LogP contribution in [0.4, 0.5) is 0 Å². The van der Waals surface area contributed by atoms with E-state index < -0.39 is 0 Å². The van der Waals surface area contributed by atoms with Crippen molar-refractivity contribution in [3.8, 4) is 0 Å². The lowest BCUT2D eigenvalue weighted by Crippen LogP contribution is -2.02. The van der Waals surface area contributed by atoms with Crippen LogP contribution in [-0.2, 0) is 13.5 Å². The third-order valence-electron chi connectivity index (χ3n) is 2.71. The van der Waals surface area contributed by atoms with Crippen molar-refractivity contribution >= 4 is 17.1 Å². The van der Waals surface area contributed by atoms with Crippen molar-refractivity contribution in [1.29, 1.82) is 0 Å². The van der Waals surface area contributed by atoms with Gasteiger partial charge in [-0.1, -0.05) is 6.07 Å². The molecule has 0 aliphatic heterocycles. The van der Waals surface area contributed by atoms with Crippen LogP contribution in [0.5, 0.6) is 0 Å². The van der Waals surface area contributed by atoms with E-state index in [4.69, 9.17) is 0 Å². The van der Waals surface area contributed by atoms with E-state index in [0.717, 1.165) is 17.7 Å². The van der Waals surface area contributed by atoms with Gasteiger partial charge in [0.2, 0.25) is 0 Å². The molecule has 0 N–H and O–H groups in total. The van der Waals surface area contributed by atoms with Gasteiger partial charge in [0.1, 0.15) is 0 Å². The number of carbonyl (C=O) groups is 1. The largest absolute Gasteiger partial charge is 0.294 e. The first-order valence-corrected chi connectivity index (χ1v) is 6.10. The molecule has 16 heavy (non-hydrogen) atoms. The predicted molar refractivity (Wildman–Crippen MR) is 64.9 cm³/mol. The fraction of sp³-hybridized carbons (Fsp3) is 0.333. The zero-order valence-electron chi connectivity index (χ0n) is 9.43. The molecule has 0 fully saturated rings. The molecule has 2 heterocycles. The lowest BCUT2D eigenvalue weighted by atomic mass is 10.1. The van der Waals surface area contributed by atoms with Crippen LogP contribution < -0.4 is 0 Å². The van der Waals surface area contributed by atoms with Crippen LogP contribution in [0, 0.1) is 6.92 Å². The van der Waals surface area contributed by atoms with Gasteiger partial charge in [-0.3, -0.25) is 9.48 Å². The van der Waals surface area contributed by atoms with E-state index >= 15 is 0 Å². The molecule has 0 radical (unpaired) electrons. The molecule has 0 unspecified atom stereocenters. The first kappa shape index (κ1) is 11.1. The Bertz CT molecular complexity index is 485. The molecular formula is C12H14N2OS. The molecule has 0 saturated heterocycles. The molecule has 0 aromatic carbocycles. The van der Waals surface area contributed by atoms with Crippen molar-refractivity contribution in [1.82, 2.24) is 9.78 Å². The summed E-state index contributed by atoms with van der Waals surface area (Å²) in [6.07, 6.45) is 3.05. The fourth-order valence-electron chi connectivity index (χ4n) is 1.60. The van der Waals surface area contributed by atoms with Crippen LogP contribution >= 0.6 is 11.3 Å². The summed E-state index contributed by atoms with van der Waals surface area (Å²) in [4.78, 5) is 13.2. The Morgan fingerprint density at radius 2 is 2.38 bits per heavy atom. The highest BCUT2D eigenvalue weighted by Crippen LogP contribution is 2.14. The van der Waals surface area contributed by atoms with Gasteiger partial charge in [-0.25, -0.2) is 0 Å². The van der Waals surface area contributed by atoms with Crippen molar-refractivity contribution in [2.24, 2.45) is 7.05 Å². The topological polar surface area (TPSA) is 34.9 Å². The van der Waals surface area contributed by atoms with Crippen molar-refractivity contribution in [3.63, 3.8) is 0 Å². The number of ketones is 1. The number of aryl methyl sites for hydroxylation is 2. The number of aromatic nitrogens is 2. The smallest absolute Gasteiger partial charge is 0.166 e. The second kappa shape index (κ2) is 4.61. The van der Waals surface area contributed by atoms with Crippen molar-refractivity contribution in [2.45, 2.75) is 19.8 Å². The summed E-state index contributed by atoms with van der Waals surface area (Å²) >= 11 is 1.70. The second-order valence-electron chi connectivity index (χ2n) is 3.77. The molecule has 2 rings (SSSR count). The van der Waals surface area contributed by atoms with E-state index in [2.05, 4.69) is 11.2 Å². The van der Waals surface area contributed by atoms with Gasteiger partial charge in [-0.2, -0.15) is 5.10 Å². The third kappa shape index (κ3) is 2.22. The molecule has 0 bridgehead atoms. The average Bonchev–Trinajstić information content (AvgIpc) is 2.88. The molecular weight excluding hydrogens is 220 g/mol. The summed E-state index contributed by atoms with van der Waals surface area (Å²) in [5, 5.41) is 6.12. The van der Waals surface area contributed by atoms with Crippen molar-refractivity contribution in [3.05, 3.63) is 39.8 Å². The monoisotopic (exact) mass is 234 g/mol. The number of thiophene rings is 1. The minimum Gasteiger partial charge on any atom is -0.294 e. The van der Waals surface area contributed by atoms with Crippen LogP contribution in [0.25, 0.3) is 0 Å². The zero-order chi connectivity index (χ0) is 11.5. The Labute approximate surface area is 98.7 Å². The highest BCUT2D eigenvalue weighted by Gasteiger charge is 2.12. The van der Waals surface area contributed by atoms with Gasteiger partial charge in [-0.05, 0) is 24.8 Å². The van der Waals surface area contributed by atoms with Crippen LogP contribution in [0.3, 0.4) is 0 Å². The molecule has 2 aromatic heterocycles. The number of carbonyl (C=O) groups excluding carboxylic acids is 1. The van der Waals surface area contributed by atoms with E-state index in [1.165, 1.54) is 4.88 Å². The molecule has 4 heteroatoms. The summed E-state index contributed by atoms with van der Waals surface area (Å²) in [5.74, 6) is 0.180. The Morgan fingerprint density at radius 3 is 2.94 bits per heavy atom. The van der Waals surface area contributed by atoms with Gasteiger partial charge >= 0.3 is 0 Å². The van der Waals surface area contributed by atoms with Crippen LogP contribution in [0.15, 0.2) is 23.7 Å². The molecule has 84 valence electrons. The summed E-state index contributed by atoms with van der Waals surface area (Å²) in [5.41, 5.74) is 1.69. The quantitative estimate of drug-likeness (QED) is 0.762. The van der Waals surface area contributed by atoms with Gasteiger partial charge in [-0.15, -0.1) is 11.3 Å². The minimum absolute atomic E-state index is 0.180. The third-order valence-corrected chi connectivity index (χ3v) is 3.65. The molecule has 3 nitrogen and oxygen atoms in total. The first-order chi connectivity index (χ1) is 7.68. The molecule has 0 amide bonds. The zero-order valence-corrected chi connectivity index (χ0v) is 10.3. The summed E-state index contributed by atoms with van der Waals surface area (Å²) in [6.45, 7) is 1.92. The minimum atomic E-state index is 0.180. The summed E-state index contributed by atoms with van der Waals surface area (Å²) in [6, 6.07) is 4.08.